The first-order chi connectivity index (χ1) is 9.45. The summed E-state index contributed by atoms with van der Waals surface area (Å²) in [4.78, 5) is 27.0. The van der Waals surface area contributed by atoms with Crippen LogP contribution < -0.4 is 10.6 Å². The third-order valence-corrected chi connectivity index (χ3v) is 3.30. The summed E-state index contributed by atoms with van der Waals surface area (Å²) in [6, 6.07) is 2.01. The first-order valence-corrected chi connectivity index (χ1v) is 6.65. The van der Waals surface area contributed by atoms with Crippen molar-refractivity contribution in [3.05, 3.63) is 30.1 Å². The number of nitrogens with zero attached hydrogens (tertiary/aromatic N) is 1. The number of carbonyl (C=O) groups is 2. The van der Waals surface area contributed by atoms with E-state index in [9.17, 15) is 9.59 Å². The summed E-state index contributed by atoms with van der Waals surface area (Å²) in [5, 5.41) is 14.3. The van der Waals surface area contributed by atoms with Crippen molar-refractivity contribution < 1.29 is 14.7 Å². The maximum Gasteiger partial charge on any atom is 0.326 e. The Bertz CT molecular complexity index is 450. The molecule has 6 heteroatoms. The van der Waals surface area contributed by atoms with Crippen molar-refractivity contribution >= 4 is 12.0 Å². The summed E-state index contributed by atoms with van der Waals surface area (Å²) < 4.78 is 0. The molecule has 0 aliphatic rings. The Labute approximate surface area is 118 Å². The van der Waals surface area contributed by atoms with E-state index in [0.29, 0.717) is 6.42 Å². The number of carboxylic acid groups (broad SMARTS) is 1. The van der Waals surface area contributed by atoms with Gasteiger partial charge in [0.25, 0.3) is 0 Å². The standard InChI is InChI=1S/C14H21N3O3/c1-4-9(2)12(13(18)19)17-14(20)16-10(3)11-6-5-7-15-8-11/h5-10,12H,4H2,1-3H3,(H,18,19)(H2,16,17,20)/t9-,10?,12-/m0/s1. The number of pyridine rings is 1. The number of carboxylic acids is 1. The summed E-state index contributed by atoms with van der Waals surface area (Å²) in [7, 11) is 0. The summed E-state index contributed by atoms with van der Waals surface area (Å²) in [6.45, 7) is 5.50. The van der Waals surface area contributed by atoms with E-state index in [1.807, 2.05) is 19.9 Å². The van der Waals surface area contributed by atoms with Gasteiger partial charge in [0.1, 0.15) is 6.04 Å². The Morgan fingerprint density at radius 3 is 2.55 bits per heavy atom. The molecule has 0 aromatic carbocycles. The number of urea groups is 1. The molecule has 0 fully saturated rings. The molecule has 0 radical (unpaired) electrons. The predicted octanol–water partition coefficient (Wildman–Crippen LogP) is 1.94. The third kappa shape index (κ3) is 4.53. The van der Waals surface area contributed by atoms with Gasteiger partial charge in [-0.05, 0) is 24.5 Å². The lowest BCUT2D eigenvalue weighted by Gasteiger charge is -2.22. The van der Waals surface area contributed by atoms with Gasteiger partial charge >= 0.3 is 12.0 Å². The van der Waals surface area contributed by atoms with Crippen LogP contribution in [0.3, 0.4) is 0 Å². The monoisotopic (exact) mass is 279 g/mol. The van der Waals surface area contributed by atoms with Crippen molar-refractivity contribution in [1.82, 2.24) is 15.6 Å². The van der Waals surface area contributed by atoms with Crippen LogP contribution in [0.1, 0.15) is 38.8 Å². The quantitative estimate of drug-likeness (QED) is 0.742. The molecule has 0 aliphatic carbocycles. The lowest BCUT2D eigenvalue weighted by Crippen LogP contribution is -2.49. The molecule has 6 nitrogen and oxygen atoms in total. The second-order valence-corrected chi connectivity index (χ2v) is 4.83. The molecule has 1 rings (SSSR count). The minimum Gasteiger partial charge on any atom is -0.480 e. The second kappa shape index (κ2) is 7.47. The SMILES string of the molecule is CC[C@H](C)[C@H](NC(=O)NC(C)c1cccnc1)C(=O)O. The predicted molar refractivity (Wildman–Crippen MR) is 75.2 cm³/mol. The fraction of sp³-hybridized carbons (Fsp3) is 0.500. The van der Waals surface area contributed by atoms with Crippen LogP contribution in [-0.2, 0) is 4.79 Å². The molecule has 0 saturated heterocycles. The van der Waals surface area contributed by atoms with Gasteiger partial charge in [-0.2, -0.15) is 0 Å². The van der Waals surface area contributed by atoms with E-state index in [1.54, 1.807) is 25.4 Å². The smallest absolute Gasteiger partial charge is 0.326 e. The van der Waals surface area contributed by atoms with E-state index >= 15 is 0 Å². The number of carbonyl (C=O) groups excluding carboxylic acids is 1. The topological polar surface area (TPSA) is 91.3 Å². The zero-order valence-corrected chi connectivity index (χ0v) is 12.0. The minimum absolute atomic E-state index is 0.132. The highest BCUT2D eigenvalue weighted by molar-refractivity contribution is 5.82. The van der Waals surface area contributed by atoms with Gasteiger partial charge in [-0.25, -0.2) is 9.59 Å². The fourth-order valence-corrected chi connectivity index (χ4v) is 1.78. The Kier molecular flexibility index (Phi) is 5.96. The van der Waals surface area contributed by atoms with E-state index in [0.717, 1.165) is 5.56 Å². The van der Waals surface area contributed by atoms with Crippen LogP contribution in [0.2, 0.25) is 0 Å². The third-order valence-electron chi connectivity index (χ3n) is 3.30. The van der Waals surface area contributed by atoms with E-state index < -0.39 is 18.0 Å². The van der Waals surface area contributed by atoms with E-state index in [-0.39, 0.29) is 12.0 Å². The zero-order valence-electron chi connectivity index (χ0n) is 12.0. The van der Waals surface area contributed by atoms with Crippen LogP contribution >= 0.6 is 0 Å². The molecule has 0 saturated carbocycles. The molecular weight excluding hydrogens is 258 g/mol. The Morgan fingerprint density at radius 1 is 1.35 bits per heavy atom. The molecule has 1 unspecified atom stereocenters. The molecular formula is C14H21N3O3. The molecule has 1 heterocycles. The van der Waals surface area contributed by atoms with E-state index in [1.165, 1.54) is 0 Å². The minimum atomic E-state index is -1.02. The average molecular weight is 279 g/mol. The summed E-state index contributed by atoms with van der Waals surface area (Å²) >= 11 is 0. The van der Waals surface area contributed by atoms with Gasteiger partial charge in [0, 0.05) is 12.4 Å². The van der Waals surface area contributed by atoms with Gasteiger partial charge in [0.05, 0.1) is 6.04 Å². The number of aliphatic carboxylic acids is 1. The first kappa shape index (κ1) is 15.9. The number of aromatic nitrogens is 1. The van der Waals surface area contributed by atoms with Gasteiger partial charge in [-0.15, -0.1) is 0 Å². The summed E-state index contributed by atoms with van der Waals surface area (Å²) in [6.07, 6.45) is 3.99. The normalized spacial score (nSPS) is 14.9. The van der Waals surface area contributed by atoms with Crippen molar-refractivity contribution in [2.45, 2.75) is 39.3 Å². The molecule has 0 aliphatic heterocycles. The highest BCUT2D eigenvalue weighted by Crippen LogP contribution is 2.11. The van der Waals surface area contributed by atoms with Gasteiger partial charge in [-0.1, -0.05) is 26.3 Å². The largest absolute Gasteiger partial charge is 0.480 e. The molecule has 1 aromatic heterocycles. The highest BCUT2D eigenvalue weighted by Gasteiger charge is 2.25. The number of nitrogens with one attached hydrogen (secondary N) is 2. The lowest BCUT2D eigenvalue weighted by molar-refractivity contribution is -0.140. The number of rotatable bonds is 6. The zero-order chi connectivity index (χ0) is 15.1. The molecule has 1 aromatic rings. The fourth-order valence-electron chi connectivity index (χ4n) is 1.78. The maximum absolute atomic E-state index is 11.9. The molecule has 20 heavy (non-hydrogen) atoms. The van der Waals surface area contributed by atoms with Gasteiger partial charge in [-0.3, -0.25) is 4.98 Å². The van der Waals surface area contributed by atoms with Crippen molar-refractivity contribution in [2.24, 2.45) is 5.92 Å². The van der Waals surface area contributed by atoms with Crippen LogP contribution in [0, 0.1) is 5.92 Å². The Balaban J connectivity index is 2.60. The van der Waals surface area contributed by atoms with Crippen molar-refractivity contribution in [2.75, 3.05) is 0 Å². The lowest BCUT2D eigenvalue weighted by atomic mass is 9.99. The van der Waals surface area contributed by atoms with Gasteiger partial charge in [0.2, 0.25) is 0 Å². The van der Waals surface area contributed by atoms with Crippen molar-refractivity contribution in [1.29, 1.82) is 0 Å². The van der Waals surface area contributed by atoms with Crippen LogP contribution in [-0.4, -0.2) is 28.1 Å². The molecule has 3 N–H and O–H groups in total. The molecule has 3 atom stereocenters. The molecule has 110 valence electrons. The highest BCUT2D eigenvalue weighted by atomic mass is 16.4. The Morgan fingerprint density at radius 2 is 2.05 bits per heavy atom. The molecule has 0 bridgehead atoms. The van der Waals surface area contributed by atoms with Crippen LogP contribution in [0.25, 0.3) is 0 Å². The van der Waals surface area contributed by atoms with E-state index in [2.05, 4.69) is 15.6 Å². The maximum atomic E-state index is 11.9. The van der Waals surface area contributed by atoms with Gasteiger partial charge in [0.15, 0.2) is 0 Å². The summed E-state index contributed by atoms with van der Waals surface area (Å²) in [5.41, 5.74) is 0.859. The number of hydrogen-bond donors (Lipinski definition) is 3. The van der Waals surface area contributed by atoms with E-state index in [4.69, 9.17) is 5.11 Å². The number of amides is 2. The van der Waals surface area contributed by atoms with Crippen LogP contribution in [0.15, 0.2) is 24.5 Å². The van der Waals surface area contributed by atoms with Crippen molar-refractivity contribution in [3.8, 4) is 0 Å². The second-order valence-electron chi connectivity index (χ2n) is 4.83. The number of hydrogen-bond acceptors (Lipinski definition) is 3. The van der Waals surface area contributed by atoms with Crippen LogP contribution in [0.5, 0.6) is 0 Å². The average Bonchev–Trinajstić information content (AvgIpc) is 2.44. The first-order valence-electron chi connectivity index (χ1n) is 6.65. The summed E-state index contributed by atoms with van der Waals surface area (Å²) in [5.74, 6) is -1.16. The molecule has 0 spiro atoms. The Hall–Kier alpha value is -2.11. The van der Waals surface area contributed by atoms with Gasteiger partial charge < -0.3 is 15.7 Å². The van der Waals surface area contributed by atoms with Crippen LogP contribution in [0.4, 0.5) is 4.79 Å². The molecule has 2 amide bonds. The van der Waals surface area contributed by atoms with Crippen molar-refractivity contribution in [3.63, 3.8) is 0 Å².